The van der Waals surface area contributed by atoms with E-state index in [1.807, 2.05) is 0 Å². The van der Waals surface area contributed by atoms with Crippen LogP contribution in [0.25, 0.3) is 0 Å². The molecule has 134 valence electrons. The molecule has 2 saturated heterocycles. The van der Waals surface area contributed by atoms with Crippen molar-refractivity contribution in [3.8, 4) is 0 Å². The van der Waals surface area contributed by atoms with Gasteiger partial charge in [-0.05, 0) is 43.8 Å². The van der Waals surface area contributed by atoms with Gasteiger partial charge in [-0.2, -0.15) is 11.8 Å². The first-order valence-corrected chi connectivity index (χ1v) is 10.3. The Kier molecular flexibility index (Phi) is 7.54. The van der Waals surface area contributed by atoms with E-state index in [0.717, 1.165) is 75.8 Å². The molecule has 0 aliphatic carbocycles. The Balaban J connectivity index is 2.07. The summed E-state index contributed by atoms with van der Waals surface area (Å²) in [6, 6.07) is 0. The molecule has 0 bridgehead atoms. The second-order valence-corrected chi connectivity index (χ2v) is 8.98. The lowest BCUT2D eigenvalue weighted by Crippen LogP contribution is -2.49. The number of hydrogen-bond donors (Lipinski definition) is 1. The molecule has 0 amide bonds. The van der Waals surface area contributed by atoms with Gasteiger partial charge in [0.05, 0.1) is 6.54 Å². The molecule has 2 aliphatic rings. The molecule has 0 aromatic heterocycles. The number of hydrogen-bond acceptors (Lipinski definition) is 3. The summed E-state index contributed by atoms with van der Waals surface area (Å²) < 4.78 is 5.86. The summed E-state index contributed by atoms with van der Waals surface area (Å²) in [6.45, 7) is 15.0. The Labute approximate surface area is 146 Å². The summed E-state index contributed by atoms with van der Waals surface area (Å²) in [5.41, 5.74) is 0. The van der Waals surface area contributed by atoms with Crippen molar-refractivity contribution in [2.75, 3.05) is 45.1 Å². The third-order valence-corrected chi connectivity index (χ3v) is 6.31. The molecule has 0 radical (unpaired) electrons. The Morgan fingerprint density at radius 1 is 1.22 bits per heavy atom. The lowest BCUT2D eigenvalue weighted by molar-refractivity contribution is 0.0792. The first-order chi connectivity index (χ1) is 11.1. The molecule has 2 atom stereocenters. The monoisotopic (exact) mass is 341 g/mol. The van der Waals surface area contributed by atoms with E-state index in [2.05, 4.69) is 49.7 Å². The largest absolute Gasteiger partial charge is 0.381 e. The van der Waals surface area contributed by atoms with Crippen LogP contribution in [0.3, 0.4) is 0 Å². The number of ether oxygens (including phenoxy) is 1. The van der Waals surface area contributed by atoms with Gasteiger partial charge in [-0.15, -0.1) is 0 Å². The minimum atomic E-state index is 0.278. The van der Waals surface area contributed by atoms with Gasteiger partial charge < -0.3 is 15.0 Å². The highest BCUT2D eigenvalue weighted by atomic mass is 32.2. The van der Waals surface area contributed by atoms with E-state index < -0.39 is 0 Å². The molecule has 0 aromatic carbocycles. The van der Waals surface area contributed by atoms with Crippen LogP contribution >= 0.6 is 11.8 Å². The van der Waals surface area contributed by atoms with E-state index in [9.17, 15) is 0 Å². The van der Waals surface area contributed by atoms with Gasteiger partial charge in [0.25, 0.3) is 0 Å². The van der Waals surface area contributed by atoms with Gasteiger partial charge in [0.15, 0.2) is 5.96 Å². The van der Waals surface area contributed by atoms with Crippen molar-refractivity contribution in [3.63, 3.8) is 0 Å². The van der Waals surface area contributed by atoms with Crippen molar-refractivity contribution < 1.29 is 4.74 Å². The number of nitrogens with zero attached hydrogens (tertiary/aromatic N) is 2. The van der Waals surface area contributed by atoms with Crippen LogP contribution in [0.5, 0.6) is 0 Å². The zero-order valence-corrected chi connectivity index (χ0v) is 16.3. The second kappa shape index (κ2) is 9.16. The van der Waals surface area contributed by atoms with Crippen molar-refractivity contribution in [1.82, 2.24) is 10.2 Å². The predicted molar refractivity (Wildman–Crippen MR) is 101 cm³/mol. The molecule has 0 saturated carbocycles. The lowest BCUT2D eigenvalue weighted by atomic mass is 9.92. The number of rotatable bonds is 5. The standard InChI is InChI=1S/C18H35N3OS/c1-5-19-17(21-12-15(3)11-16(4)13-21)20-14-18(23-6-2)7-9-22-10-8-18/h15-16H,5-14H2,1-4H3,(H,19,20). The van der Waals surface area contributed by atoms with E-state index >= 15 is 0 Å². The summed E-state index contributed by atoms with van der Waals surface area (Å²) >= 11 is 2.07. The van der Waals surface area contributed by atoms with E-state index in [1.165, 1.54) is 6.42 Å². The quantitative estimate of drug-likeness (QED) is 0.615. The fourth-order valence-electron chi connectivity index (χ4n) is 3.88. The zero-order valence-electron chi connectivity index (χ0n) is 15.4. The average Bonchev–Trinajstić information content (AvgIpc) is 2.52. The number of thioether (sulfide) groups is 1. The van der Waals surface area contributed by atoms with Gasteiger partial charge in [-0.3, -0.25) is 4.99 Å². The molecule has 2 fully saturated rings. The minimum absolute atomic E-state index is 0.278. The highest BCUT2D eigenvalue weighted by Crippen LogP contribution is 2.35. The van der Waals surface area contributed by atoms with Gasteiger partial charge >= 0.3 is 0 Å². The van der Waals surface area contributed by atoms with E-state index in [0.29, 0.717) is 0 Å². The molecule has 2 heterocycles. The lowest BCUT2D eigenvalue weighted by Gasteiger charge is -2.39. The third kappa shape index (κ3) is 5.56. The summed E-state index contributed by atoms with van der Waals surface area (Å²) in [6.07, 6.45) is 3.59. The van der Waals surface area contributed by atoms with Crippen molar-refractivity contribution >= 4 is 17.7 Å². The average molecular weight is 342 g/mol. The Hall–Kier alpha value is -0.420. The first-order valence-electron chi connectivity index (χ1n) is 9.33. The van der Waals surface area contributed by atoms with E-state index in [1.54, 1.807) is 0 Å². The predicted octanol–water partition coefficient (Wildman–Crippen LogP) is 3.23. The third-order valence-electron chi connectivity index (χ3n) is 4.87. The molecule has 2 unspecified atom stereocenters. The maximum absolute atomic E-state index is 5.58. The van der Waals surface area contributed by atoms with Crippen LogP contribution < -0.4 is 5.32 Å². The molecule has 5 heteroatoms. The molecule has 1 N–H and O–H groups in total. The zero-order chi connectivity index (χ0) is 16.7. The van der Waals surface area contributed by atoms with Crippen LogP contribution in [0.15, 0.2) is 4.99 Å². The Bertz CT molecular complexity index is 367. The SMILES string of the molecule is CCNC(=NCC1(SCC)CCOCC1)N1CC(C)CC(C)C1. The smallest absolute Gasteiger partial charge is 0.193 e. The number of aliphatic imine (C=N–C) groups is 1. The number of likely N-dealkylation sites (tertiary alicyclic amines) is 1. The van der Waals surface area contributed by atoms with Crippen LogP contribution in [0, 0.1) is 11.8 Å². The van der Waals surface area contributed by atoms with Gasteiger partial charge in [0, 0.05) is 37.6 Å². The number of piperidine rings is 1. The summed E-state index contributed by atoms with van der Waals surface area (Å²) in [4.78, 5) is 7.55. The van der Waals surface area contributed by atoms with Gasteiger partial charge in [0.2, 0.25) is 0 Å². The normalized spacial score (nSPS) is 28.7. The molecule has 0 spiro atoms. The van der Waals surface area contributed by atoms with Crippen molar-refractivity contribution in [2.24, 2.45) is 16.8 Å². The highest BCUT2D eigenvalue weighted by molar-refractivity contribution is 8.00. The number of guanidine groups is 1. The molecule has 2 rings (SSSR count). The van der Waals surface area contributed by atoms with Gasteiger partial charge in [-0.25, -0.2) is 0 Å². The van der Waals surface area contributed by atoms with E-state index in [-0.39, 0.29) is 4.75 Å². The topological polar surface area (TPSA) is 36.9 Å². The van der Waals surface area contributed by atoms with Crippen LogP contribution in [-0.4, -0.2) is 60.8 Å². The van der Waals surface area contributed by atoms with Crippen molar-refractivity contribution in [3.05, 3.63) is 0 Å². The molecule has 2 aliphatic heterocycles. The van der Waals surface area contributed by atoms with Crippen LogP contribution in [0.4, 0.5) is 0 Å². The van der Waals surface area contributed by atoms with Crippen molar-refractivity contribution in [2.45, 2.75) is 51.7 Å². The summed E-state index contributed by atoms with van der Waals surface area (Å²) in [5, 5.41) is 3.53. The molecule has 4 nitrogen and oxygen atoms in total. The van der Waals surface area contributed by atoms with Crippen LogP contribution in [-0.2, 0) is 4.74 Å². The van der Waals surface area contributed by atoms with E-state index in [4.69, 9.17) is 9.73 Å². The van der Waals surface area contributed by atoms with Gasteiger partial charge in [0.1, 0.15) is 0 Å². The fourth-order valence-corrected chi connectivity index (χ4v) is 5.10. The molecular formula is C18H35N3OS. The van der Waals surface area contributed by atoms with Crippen LogP contribution in [0.1, 0.15) is 47.0 Å². The Morgan fingerprint density at radius 2 is 1.87 bits per heavy atom. The summed E-state index contributed by atoms with van der Waals surface area (Å²) in [7, 11) is 0. The minimum Gasteiger partial charge on any atom is -0.381 e. The summed E-state index contributed by atoms with van der Waals surface area (Å²) in [5.74, 6) is 3.78. The second-order valence-electron chi connectivity index (χ2n) is 7.25. The molecule has 23 heavy (non-hydrogen) atoms. The maximum atomic E-state index is 5.58. The van der Waals surface area contributed by atoms with Gasteiger partial charge in [-0.1, -0.05) is 20.8 Å². The fraction of sp³-hybridized carbons (Fsp3) is 0.944. The molecule has 0 aromatic rings. The van der Waals surface area contributed by atoms with Crippen LogP contribution in [0.2, 0.25) is 0 Å². The number of nitrogens with one attached hydrogen (secondary N) is 1. The maximum Gasteiger partial charge on any atom is 0.193 e. The first kappa shape index (κ1) is 18.9. The highest BCUT2D eigenvalue weighted by Gasteiger charge is 2.33. The van der Waals surface area contributed by atoms with Crippen molar-refractivity contribution in [1.29, 1.82) is 0 Å². The Morgan fingerprint density at radius 3 is 2.43 bits per heavy atom. The molecular weight excluding hydrogens is 306 g/mol.